The van der Waals surface area contributed by atoms with Gasteiger partial charge >= 0.3 is 0 Å². The summed E-state index contributed by atoms with van der Waals surface area (Å²) in [6, 6.07) is 13.8. The summed E-state index contributed by atoms with van der Waals surface area (Å²) in [7, 11) is 0. The van der Waals surface area contributed by atoms with E-state index in [4.69, 9.17) is 4.74 Å². The molecule has 3 aromatic rings. The van der Waals surface area contributed by atoms with E-state index < -0.39 is 5.60 Å². The summed E-state index contributed by atoms with van der Waals surface area (Å²) >= 11 is 0. The van der Waals surface area contributed by atoms with Crippen LogP contribution in [0.1, 0.15) is 25.0 Å². The van der Waals surface area contributed by atoms with Crippen LogP contribution in [0.4, 0.5) is 4.39 Å². The van der Waals surface area contributed by atoms with Crippen molar-refractivity contribution in [2.24, 2.45) is 0 Å². The first kappa shape index (κ1) is 15.4. The summed E-state index contributed by atoms with van der Waals surface area (Å²) in [5.41, 5.74) is 1.55. The third-order valence-corrected chi connectivity index (χ3v) is 3.68. The molecule has 1 heterocycles. The molecule has 3 nitrogen and oxygen atoms in total. The van der Waals surface area contributed by atoms with Gasteiger partial charge in [-0.25, -0.2) is 4.39 Å². The number of nitrogens with zero attached hydrogens (tertiary/aromatic N) is 1. The van der Waals surface area contributed by atoms with Gasteiger partial charge in [-0.3, -0.25) is 4.98 Å². The van der Waals surface area contributed by atoms with Crippen LogP contribution in [0.5, 0.6) is 5.75 Å². The number of halogens is 1. The normalized spacial score (nSPS) is 11.7. The van der Waals surface area contributed by atoms with E-state index >= 15 is 0 Å². The molecule has 0 spiro atoms. The second-order valence-electron chi connectivity index (χ2n) is 6.05. The number of benzene rings is 2. The van der Waals surface area contributed by atoms with E-state index in [0.717, 1.165) is 22.0 Å². The first-order valence-electron chi connectivity index (χ1n) is 7.42. The predicted molar refractivity (Wildman–Crippen MR) is 87.7 cm³/mol. The van der Waals surface area contributed by atoms with Crippen molar-refractivity contribution in [1.29, 1.82) is 0 Å². The van der Waals surface area contributed by atoms with Gasteiger partial charge < -0.3 is 9.84 Å². The summed E-state index contributed by atoms with van der Waals surface area (Å²) in [6.07, 6.45) is 1.67. The van der Waals surface area contributed by atoms with Crippen molar-refractivity contribution in [1.82, 2.24) is 4.98 Å². The van der Waals surface area contributed by atoms with Crippen molar-refractivity contribution in [2.75, 3.05) is 0 Å². The Labute approximate surface area is 134 Å². The van der Waals surface area contributed by atoms with Crippen LogP contribution in [0.15, 0.2) is 54.7 Å². The number of ether oxygens (including phenoxy) is 1. The van der Waals surface area contributed by atoms with Gasteiger partial charge in [-0.1, -0.05) is 12.1 Å². The topological polar surface area (TPSA) is 42.4 Å². The summed E-state index contributed by atoms with van der Waals surface area (Å²) in [5.74, 6) is 0.441. The highest BCUT2D eigenvalue weighted by Crippen LogP contribution is 2.25. The first-order chi connectivity index (χ1) is 10.9. The van der Waals surface area contributed by atoms with Gasteiger partial charge in [0.15, 0.2) is 0 Å². The van der Waals surface area contributed by atoms with Crippen LogP contribution in [0.3, 0.4) is 0 Å². The Morgan fingerprint density at radius 1 is 1.09 bits per heavy atom. The van der Waals surface area contributed by atoms with E-state index in [2.05, 4.69) is 4.98 Å². The zero-order valence-electron chi connectivity index (χ0n) is 13.1. The van der Waals surface area contributed by atoms with Crippen LogP contribution in [0.2, 0.25) is 0 Å². The molecule has 3 rings (SSSR count). The second-order valence-corrected chi connectivity index (χ2v) is 6.05. The number of rotatable bonds is 4. The van der Waals surface area contributed by atoms with Crippen LogP contribution in [0, 0.1) is 5.82 Å². The number of fused-ring (bicyclic) bond motifs is 1. The number of aliphatic hydroxyl groups is 1. The van der Waals surface area contributed by atoms with Gasteiger partial charge in [-0.2, -0.15) is 0 Å². The first-order valence-corrected chi connectivity index (χ1v) is 7.42. The SMILES string of the molecule is CC(C)(O)c1cnc2cc(OCc3ccc(F)cc3)ccc2c1. The lowest BCUT2D eigenvalue weighted by Crippen LogP contribution is -2.15. The smallest absolute Gasteiger partial charge is 0.123 e. The molecule has 118 valence electrons. The maximum atomic E-state index is 12.9. The molecule has 2 aromatic carbocycles. The average molecular weight is 311 g/mol. The Hall–Kier alpha value is -2.46. The van der Waals surface area contributed by atoms with Crippen LogP contribution in [-0.2, 0) is 12.2 Å². The van der Waals surface area contributed by atoms with Crippen LogP contribution in [-0.4, -0.2) is 10.1 Å². The molecule has 0 saturated heterocycles. The highest BCUT2D eigenvalue weighted by atomic mass is 19.1. The van der Waals surface area contributed by atoms with Gasteiger partial charge in [-0.05, 0) is 49.7 Å². The maximum Gasteiger partial charge on any atom is 0.123 e. The monoisotopic (exact) mass is 311 g/mol. The molecule has 0 fully saturated rings. The Kier molecular flexibility index (Phi) is 4.01. The molecule has 1 N–H and O–H groups in total. The Morgan fingerprint density at radius 3 is 2.52 bits per heavy atom. The van der Waals surface area contributed by atoms with Gasteiger partial charge in [-0.15, -0.1) is 0 Å². The number of aromatic nitrogens is 1. The Balaban J connectivity index is 1.79. The Morgan fingerprint density at radius 2 is 1.83 bits per heavy atom. The van der Waals surface area contributed by atoms with Crippen LogP contribution < -0.4 is 4.74 Å². The van der Waals surface area contributed by atoms with Gasteiger partial charge in [0, 0.05) is 23.2 Å². The molecule has 0 aliphatic carbocycles. The van der Waals surface area contributed by atoms with E-state index in [0.29, 0.717) is 12.4 Å². The summed E-state index contributed by atoms with van der Waals surface area (Å²) in [4.78, 5) is 4.39. The number of pyridine rings is 1. The highest BCUT2D eigenvalue weighted by molar-refractivity contribution is 5.80. The minimum Gasteiger partial charge on any atom is -0.489 e. The fourth-order valence-electron chi connectivity index (χ4n) is 2.27. The zero-order valence-corrected chi connectivity index (χ0v) is 13.1. The molecule has 23 heavy (non-hydrogen) atoms. The lowest BCUT2D eigenvalue weighted by atomic mass is 9.99. The molecule has 0 amide bonds. The van der Waals surface area contributed by atoms with E-state index in [1.165, 1.54) is 12.1 Å². The molecule has 0 radical (unpaired) electrons. The quantitative estimate of drug-likeness (QED) is 0.786. The predicted octanol–water partition coefficient (Wildman–Crippen LogP) is 4.18. The third-order valence-electron chi connectivity index (χ3n) is 3.68. The third kappa shape index (κ3) is 3.66. The van der Waals surface area contributed by atoms with E-state index in [1.807, 2.05) is 24.3 Å². The highest BCUT2D eigenvalue weighted by Gasteiger charge is 2.16. The van der Waals surface area contributed by atoms with Crippen molar-refractivity contribution in [3.05, 3.63) is 71.7 Å². The van der Waals surface area contributed by atoms with Crippen molar-refractivity contribution >= 4 is 10.9 Å². The molecular weight excluding hydrogens is 293 g/mol. The molecule has 0 aliphatic rings. The van der Waals surface area contributed by atoms with E-state index in [-0.39, 0.29) is 5.82 Å². The van der Waals surface area contributed by atoms with Crippen molar-refractivity contribution in [2.45, 2.75) is 26.1 Å². The van der Waals surface area contributed by atoms with Crippen molar-refractivity contribution < 1.29 is 14.2 Å². The van der Waals surface area contributed by atoms with Crippen LogP contribution in [0.25, 0.3) is 10.9 Å². The molecule has 1 aromatic heterocycles. The Bertz CT molecular complexity index is 823. The molecule has 0 saturated carbocycles. The number of hydrogen-bond acceptors (Lipinski definition) is 3. The molecular formula is C19H18FNO2. The standard InChI is InChI=1S/C19H18FNO2/c1-19(2,22)15-9-14-5-8-17(10-18(14)21-11-15)23-12-13-3-6-16(20)7-4-13/h3-11,22H,12H2,1-2H3. The number of hydrogen-bond donors (Lipinski definition) is 1. The van der Waals surface area contributed by atoms with E-state index in [1.54, 1.807) is 32.2 Å². The van der Waals surface area contributed by atoms with Crippen molar-refractivity contribution in [3.63, 3.8) is 0 Å². The molecule has 0 unspecified atom stereocenters. The van der Waals surface area contributed by atoms with Gasteiger partial charge in [0.2, 0.25) is 0 Å². The lowest BCUT2D eigenvalue weighted by molar-refractivity contribution is 0.0784. The minimum absolute atomic E-state index is 0.258. The van der Waals surface area contributed by atoms with Gasteiger partial charge in [0.05, 0.1) is 11.1 Å². The second kappa shape index (κ2) is 5.97. The minimum atomic E-state index is -0.918. The molecule has 0 atom stereocenters. The van der Waals surface area contributed by atoms with Gasteiger partial charge in [0.25, 0.3) is 0 Å². The van der Waals surface area contributed by atoms with Crippen LogP contribution >= 0.6 is 0 Å². The zero-order chi connectivity index (χ0) is 16.4. The summed E-state index contributed by atoms with van der Waals surface area (Å²) in [6.45, 7) is 3.83. The molecule has 4 heteroatoms. The summed E-state index contributed by atoms with van der Waals surface area (Å²) < 4.78 is 18.6. The average Bonchev–Trinajstić information content (AvgIpc) is 2.53. The van der Waals surface area contributed by atoms with Crippen molar-refractivity contribution in [3.8, 4) is 5.75 Å². The molecule has 0 aliphatic heterocycles. The lowest BCUT2D eigenvalue weighted by Gasteiger charge is -2.17. The fourth-order valence-corrected chi connectivity index (χ4v) is 2.27. The fraction of sp³-hybridized carbons (Fsp3) is 0.211. The maximum absolute atomic E-state index is 12.9. The molecule has 0 bridgehead atoms. The van der Waals surface area contributed by atoms with Gasteiger partial charge in [0.1, 0.15) is 18.2 Å². The van der Waals surface area contributed by atoms with E-state index in [9.17, 15) is 9.50 Å². The largest absolute Gasteiger partial charge is 0.489 e. The summed E-state index contributed by atoms with van der Waals surface area (Å²) in [5, 5.41) is 11.0.